The van der Waals surface area contributed by atoms with Crippen LogP contribution < -0.4 is 0 Å². The van der Waals surface area contributed by atoms with E-state index in [1.165, 1.54) is 7.11 Å². The molecule has 0 bridgehead atoms. The third kappa shape index (κ3) is 5.22. The van der Waals surface area contributed by atoms with Crippen molar-refractivity contribution >= 4 is 11.9 Å². The Morgan fingerprint density at radius 1 is 1.38 bits per heavy atom. The van der Waals surface area contributed by atoms with Crippen LogP contribution in [0.5, 0.6) is 0 Å². The van der Waals surface area contributed by atoms with Crippen molar-refractivity contribution in [2.24, 2.45) is 5.92 Å². The van der Waals surface area contributed by atoms with Gasteiger partial charge >= 0.3 is 11.9 Å². The molecule has 0 aromatic carbocycles. The number of carbonyl (C=O) groups excluding carboxylic acids is 1. The lowest BCUT2D eigenvalue weighted by Gasteiger charge is -2.09. The number of carboxylic acids is 1. The molecule has 0 saturated carbocycles. The van der Waals surface area contributed by atoms with Crippen LogP contribution in [0.4, 0.5) is 0 Å². The first-order valence-electron chi connectivity index (χ1n) is 4.41. The predicted octanol–water partition coefficient (Wildman–Crippen LogP) is 1.44. The monoisotopic (exact) mass is 188 g/mol. The van der Waals surface area contributed by atoms with Crippen molar-refractivity contribution in [3.8, 4) is 0 Å². The highest BCUT2D eigenvalue weighted by molar-refractivity contribution is 5.72. The van der Waals surface area contributed by atoms with E-state index in [-0.39, 0.29) is 12.4 Å². The average Bonchev–Trinajstić information content (AvgIpc) is 2.11. The molecule has 1 N–H and O–H groups in total. The number of rotatable bonds is 6. The van der Waals surface area contributed by atoms with Crippen molar-refractivity contribution in [1.82, 2.24) is 0 Å². The van der Waals surface area contributed by atoms with Crippen LogP contribution in [0.25, 0.3) is 0 Å². The number of ether oxygens (including phenoxy) is 1. The smallest absolute Gasteiger partial charge is 0.306 e. The van der Waals surface area contributed by atoms with Gasteiger partial charge in [-0.1, -0.05) is 13.3 Å². The summed E-state index contributed by atoms with van der Waals surface area (Å²) >= 11 is 0. The molecule has 1 atom stereocenters. The number of aliphatic carboxylic acids is 1. The molecule has 76 valence electrons. The second kappa shape index (κ2) is 6.46. The van der Waals surface area contributed by atoms with Gasteiger partial charge in [0.1, 0.15) is 0 Å². The molecular formula is C9H16O4. The summed E-state index contributed by atoms with van der Waals surface area (Å²) in [5.41, 5.74) is 0. The quantitative estimate of drug-likeness (QED) is 0.640. The Hall–Kier alpha value is -1.06. The van der Waals surface area contributed by atoms with Crippen molar-refractivity contribution in [3.05, 3.63) is 0 Å². The molecule has 0 spiro atoms. The molecule has 0 radical (unpaired) electrons. The third-order valence-corrected chi connectivity index (χ3v) is 1.91. The molecule has 4 heteroatoms. The van der Waals surface area contributed by atoms with Gasteiger partial charge in [-0.15, -0.1) is 0 Å². The molecule has 0 amide bonds. The first-order valence-corrected chi connectivity index (χ1v) is 4.41. The summed E-state index contributed by atoms with van der Waals surface area (Å²) in [5, 5.41) is 8.74. The first kappa shape index (κ1) is 11.9. The van der Waals surface area contributed by atoms with Crippen LogP contribution in [0.2, 0.25) is 0 Å². The van der Waals surface area contributed by atoms with Gasteiger partial charge in [-0.2, -0.15) is 0 Å². The highest BCUT2D eigenvalue weighted by Gasteiger charge is 2.17. The lowest BCUT2D eigenvalue weighted by molar-refractivity contribution is -0.144. The van der Waals surface area contributed by atoms with Gasteiger partial charge in [0.05, 0.1) is 13.0 Å². The summed E-state index contributed by atoms with van der Waals surface area (Å²) in [4.78, 5) is 21.4. The van der Waals surface area contributed by atoms with Crippen LogP contribution in [-0.4, -0.2) is 24.2 Å². The zero-order chi connectivity index (χ0) is 10.3. The Balaban J connectivity index is 3.82. The van der Waals surface area contributed by atoms with Crippen molar-refractivity contribution in [1.29, 1.82) is 0 Å². The maximum Gasteiger partial charge on any atom is 0.306 e. The van der Waals surface area contributed by atoms with Crippen LogP contribution >= 0.6 is 0 Å². The highest BCUT2D eigenvalue weighted by atomic mass is 16.5. The fraction of sp³-hybridized carbons (Fsp3) is 0.778. The van der Waals surface area contributed by atoms with E-state index in [1.54, 1.807) is 0 Å². The standard InChI is InChI=1S/C9H16O4/c1-3-4-7(9(11)12)5-6-8(10)13-2/h7H,3-6H2,1-2H3,(H,11,12). The fourth-order valence-corrected chi connectivity index (χ4v) is 1.13. The number of methoxy groups -OCH3 is 1. The topological polar surface area (TPSA) is 63.6 Å². The van der Waals surface area contributed by atoms with Gasteiger partial charge in [0.15, 0.2) is 0 Å². The summed E-state index contributed by atoms with van der Waals surface area (Å²) in [6.45, 7) is 1.92. The Bertz CT molecular complexity index is 176. The van der Waals surface area contributed by atoms with E-state index in [9.17, 15) is 9.59 Å². The second-order valence-corrected chi connectivity index (χ2v) is 2.94. The SMILES string of the molecule is CCCC(CCC(=O)OC)C(=O)O. The lowest BCUT2D eigenvalue weighted by Crippen LogP contribution is -2.15. The van der Waals surface area contributed by atoms with Crippen LogP contribution in [0.1, 0.15) is 32.6 Å². The number of esters is 1. The van der Waals surface area contributed by atoms with Gasteiger partial charge in [-0.05, 0) is 12.8 Å². The van der Waals surface area contributed by atoms with Crippen molar-refractivity contribution in [2.45, 2.75) is 32.6 Å². The van der Waals surface area contributed by atoms with E-state index < -0.39 is 11.9 Å². The molecule has 0 aliphatic heterocycles. The largest absolute Gasteiger partial charge is 0.481 e. The van der Waals surface area contributed by atoms with E-state index in [1.807, 2.05) is 6.92 Å². The molecule has 0 aromatic rings. The molecule has 0 saturated heterocycles. The zero-order valence-electron chi connectivity index (χ0n) is 8.08. The second-order valence-electron chi connectivity index (χ2n) is 2.94. The minimum absolute atomic E-state index is 0.188. The van der Waals surface area contributed by atoms with E-state index in [4.69, 9.17) is 5.11 Å². The summed E-state index contributed by atoms with van der Waals surface area (Å²) in [7, 11) is 1.30. The van der Waals surface area contributed by atoms with Crippen LogP contribution in [0, 0.1) is 5.92 Å². The fourth-order valence-electron chi connectivity index (χ4n) is 1.13. The zero-order valence-corrected chi connectivity index (χ0v) is 8.08. The van der Waals surface area contributed by atoms with Crippen LogP contribution in [0.15, 0.2) is 0 Å². The van der Waals surface area contributed by atoms with Gasteiger partial charge in [-0.25, -0.2) is 0 Å². The molecule has 0 fully saturated rings. The number of carbonyl (C=O) groups is 2. The van der Waals surface area contributed by atoms with Gasteiger partial charge in [0.2, 0.25) is 0 Å². The number of hydrogen-bond donors (Lipinski definition) is 1. The molecule has 13 heavy (non-hydrogen) atoms. The normalized spacial score (nSPS) is 12.2. The summed E-state index contributed by atoms with van der Waals surface area (Å²) in [6.07, 6.45) is 1.99. The average molecular weight is 188 g/mol. The van der Waals surface area contributed by atoms with Crippen LogP contribution in [-0.2, 0) is 14.3 Å². The first-order chi connectivity index (χ1) is 6.11. The summed E-state index contributed by atoms with van der Waals surface area (Å²) in [5.74, 6) is -1.59. The Labute approximate surface area is 77.9 Å². The number of carboxylic acid groups (broad SMARTS) is 1. The molecule has 0 aromatic heterocycles. The van der Waals surface area contributed by atoms with E-state index in [2.05, 4.69) is 4.74 Å². The molecule has 0 heterocycles. The molecule has 0 rings (SSSR count). The Morgan fingerprint density at radius 3 is 2.38 bits per heavy atom. The van der Waals surface area contributed by atoms with Crippen molar-refractivity contribution in [2.75, 3.05) is 7.11 Å². The maximum absolute atomic E-state index is 10.7. The number of hydrogen-bond acceptors (Lipinski definition) is 3. The van der Waals surface area contributed by atoms with E-state index >= 15 is 0 Å². The van der Waals surface area contributed by atoms with Crippen molar-refractivity contribution in [3.63, 3.8) is 0 Å². The van der Waals surface area contributed by atoms with Gasteiger partial charge in [0.25, 0.3) is 0 Å². The predicted molar refractivity (Wildman–Crippen MR) is 47.3 cm³/mol. The minimum atomic E-state index is -0.828. The third-order valence-electron chi connectivity index (χ3n) is 1.91. The lowest BCUT2D eigenvalue weighted by atomic mass is 9.98. The van der Waals surface area contributed by atoms with Gasteiger partial charge in [-0.3, -0.25) is 9.59 Å². The Morgan fingerprint density at radius 2 is 2.00 bits per heavy atom. The van der Waals surface area contributed by atoms with Gasteiger partial charge in [0, 0.05) is 6.42 Å². The van der Waals surface area contributed by atoms with E-state index in [0.29, 0.717) is 12.8 Å². The van der Waals surface area contributed by atoms with Gasteiger partial charge < -0.3 is 9.84 Å². The molecule has 1 unspecified atom stereocenters. The molecule has 0 aliphatic rings. The van der Waals surface area contributed by atoms with E-state index in [0.717, 1.165) is 6.42 Å². The maximum atomic E-state index is 10.7. The van der Waals surface area contributed by atoms with Crippen LogP contribution in [0.3, 0.4) is 0 Å². The minimum Gasteiger partial charge on any atom is -0.481 e. The molecule has 0 aliphatic carbocycles. The summed E-state index contributed by atoms with van der Waals surface area (Å²) < 4.78 is 4.43. The molecule has 4 nitrogen and oxygen atoms in total. The Kier molecular flexibility index (Phi) is 5.93. The van der Waals surface area contributed by atoms with Crippen molar-refractivity contribution < 1.29 is 19.4 Å². The molecular weight excluding hydrogens is 172 g/mol. The highest BCUT2D eigenvalue weighted by Crippen LogP contribution is 2.13. The summed E-state index contributed by atoms with van der Waals surface area (Å²) in [6, 6.07) is 0.